The maximum atomic E-state index is 10.6. The molecule has 0 saturated heterocycles. The van der Waals surface area contributed by atoms with Crippen molar-refractivity contribution >= 4 is 5.82 Å². The van der Waals surface area contributed by atoms with Gasteiger partial charge in [-0.25, -0.2) is 9.97 Å². The minimum absolute atomic E-state index is 0.00424. The fraction of sp³-hybridized carbons (Fsp3) is 0.273. The molecule has 0 spiro atoms. The Labute approximate surface area is 174 Å². The molecule has 1 aliphatic carbocycles. The first kappa shape index (κ1) is 19.9. The number of aliphatic hydroxyl groups is 1. The van der Waals surface area contributed by atoms with Crippen molar-refractivity contribution in [3.8, 4) is 22.8 Å². The third-order valence-electron chi connectivity index (χ3n) is 5.14. The molecule has 30 heavy (non-hydrogen) atoms. The zero-order valence-corrected chi connectivity index (χ0v) is 17.1. The van der Waals surface area contributed by atoms with E-state index in [9.17, 15) is 5.11 Å². The third kappa shape index (κ3) is 3.74. The second-order valence-corrected chi connectivity index (χ2v) is 7.51. The Balaban J connectivity index is 1.73. The van der Waals surface area contributed by atoms with Crippen LogP contribution in [0.15, 0.2) is 59.2 Å². The number of benzene rings is 1. The molecule has 2 aromatic heterocycles. The molecule has 3 atom stereocenters. The normalized spacial score (nSPS) is 19.4. The Hall–Kier alpha value is -3.36. The molecule has 4 rings (SSSR count). The quantitative estimate of drug-likeness (QED) is 0.623. The van der Waals surface area contributed by atoms with E-state index in [-0.39, 0.29) is 23.5 Å². The van der Waals surface area contributed by atoms with Crippen LogP contribution < -0.4 is 5.73 Å². The minimum Gasteiger partial charge on any atom is -0.419 e. The summed E-state index contributed by atoms with van der Waals surface area (Å²) < 4.78 is 5.92. The zero-order chi connectivity index (χ0) is 21.3. The van der Waals surface area contributed by atoms with Gasteiger partial charge in [-0.2, -0.15) is 0 Å². The van der Waals surface area contributed by atoms with Crippen molar-refractivity contribution in [3.05, 3.63) is 66.2 Å². The van der Waals surface area contributed by atoms with Crippen LogP contribution in [0.4, 0.5) is 5.82 Å². The lowest BCUT2D eigenvalue weighted by molar-refractivity contribution is 0.0400. The molecule has 1 aromatic carbocycles. The van der Waals surface area contributed by atoms with Gasteiger partial charge in [0, 0.05) is 11.1 Å². The third-order valence-corrected chi connectivity index (χ3v) is 5.14. The Morgan fingerprint density at radius 1 is 1.13 bits per heavy atom. The molecule has 2 heterocycles. The van der Waals surface area contributed by atoms with Gasteiger partial charge >= 0.3 is 0 Å². The van der Waals surface area contributed by atoms with Crippen LogP contribution in [0.3, 0.4) is 0 Å². The first-order chi connectivity index (χ1) is 14.5. The molecule has 154 valence electrons. The number of hydrogen-bond donors (Lipinski definition) is 2. The van der Waals surface area contributed by atoms with Crippen LogP contribution in [-0.2, 0) is 0 Å². The number of nitrogens with two attached hydrogens (primary N) is 1. The average molecular weight is 404 g/mol. The Kier molecular flexibility index (Phi) is 5.43. The van der Waals surface area contributed by atoms with E-state index in [1.807, 2.05) is 42.5 Å². The van der Waals surface area contributed by atoms with Crippen molar-refractivity contribution in [2.24, 2.45) is 5.92 Å². The number of aliphatic hydroxyl groups excluding tert-OH is 1. The highest BCUT2D eigenvalue weighted by Crippen LogP contribution is 2.33. The lowest BCUT2D eigenvalue weighted by atomic mass is 9.90. The number of anilines is 1. The number of rotatable bonds is 5. The van der Waals surface area contributed by atoms with Gasteiger partial charge in [0.1, 0.15) is 6.23 Å². The molecule has 0 amide bonds. The second kappa shape index (κ2) is 8.17. The number of allylic oxidation sites excluding steroid dienone is 4. The predicted molar refractivity (Wildman–Crippen MR) is 114 cm³/mol. The first-order valence-corrected chi connectivity index (χ1v) is 9.70. The van der Waals surface area contributed by atoms with Crippen LogP contribution >= 0.6 is 0 Å². The minimum atomic E-state index is -0.786. The Morgan fingerprint density at radius 3 is 2.67 bits per heavy atom. The van der Waals surface area contributed by atoms with E-state index >= 15 is 0 Å². The summed E-state index contributed by atoms with van der Waals surface area (Å²) in [6, 6.07) is 7.49. The fourth-order valence-corrected chi connectivity index (χ4v) is 3.41. The lowest BCUT2D eigenvalue weighted by Gasteiger charge is -2.21. The highest BCUT2D eigenvalue weighted by molar-refractivity contribution is 5.70. The maximum Gasteiger partial charge on any atom is 0.270 e. The number of nitrogen functional groups attached to an aromatic ring is 1. The molecule has 8 heteroatoms. The van der Waals surface area contributed by atoms with Crippen molar-refractivity contribution < 1.29 is 9.52 Å². The first-order valence-electron chi connectivity index (χ1n) is 9.70. The van der Waals surface area contributed by atoms with E-state index in [4.69, 9.17) is 10.2 Å². The van der Waals surface area contributed by atoms with E-state index in [1.54, 1.807) is 25.2 Å². The molecule has 3 aromatic rings. The van der Waals surface area contributed by atoms with Gasteiger partial charge in [-0.15, -0.1) is 10.2 Å². The van der Waals surface area contributed by atoms with Crippen molar-refractivity contribution in [1.82, 2.24) is 25.1 Å². The lowest BCUT2D eigenvalue weighted by Crippen LogP contribution is -2.20. The molecular formula is C22H24N6O2. The van der Waals surface area contributed by atoms with Crippen LogP contribution in [0.5, 0.6) is 0 Å². The van der Waals surface area contributed by atoms with E-state index in [0.717, 1.165) is 5.56 Å². The number of hydrogen-bond acceptors (Lipinski definition) is 8. The molecule has 0 aliphatic heterocycles. The Morgan fingerprint density at radius 2 is 1.90 bits per heavy atom. The maximum absolute atomic E-state index is 10.6. The van der Waals surface area contributed by atoms with Gasteiger partial charge in [-0.1, -0.05) is 55.5 Å². The summed E-state index contributed by atoms with van der Waals surface area (Å²) in [7, 11) is 3.61. The van der Waals surface area contributed by atoms with Crippen LogP contribution in [0.25, 0.3) is 22.8 Å². The summed E-state index contributed by atoms with van der Waals surface area (Å²) in [5, 5.41) is 18.9. The molecule has 0 bridgehead atoms. The van der Waals surface area contributed by atoms with Crippen LogP contribution in [0.2, 0.25) is 0 Å². The van der Waals surface area contributed by atoms with E-state index in [0.29, 0.717) is 22.8 Å². The second-order valence-electron chi connectivity index (χ2n) is 7.51. The summed E-state index contributed by atoms with van der Waals surface area (Å²) in [5.41, 5.74) is 8.42. The standard InChI is InChI=1S/C22H24N6O2/c1-13-8-4-5-9-14(13)20-26-27-21(30-20)18-19(23)24-12-17(25-18)15-10-6-7-11-16(15)22(29)28(2)3/h4-14,22,29H,1-3H3,(H2,23,24). The Bertz CT molecular complexity index is 1100. The van der Waals surface area contributed by atoms with Gasteiger partial charge in [0.25, 0.3) is 5.89 Å². The summed E-state index contributed by atoms with van der Waals surface area (Å²) in [6.45, 7) is 2.09. The molecule has 3 N–H and O–H groups in total. The van der Waals surface area contributed by atoms with Crippen LogP contribution in [0.1, 0.15) is 30.5 Å². The molecule has 0 saturated carbocycles. The van der Waals surface area contributed by atoms with Crippen molar-refractivity contribution in [2.75, 3.05) is 19.8 Å². The zero-order valence-electron chi connectivity index (χ0n) is 17.1. The number of aromatic nitrogens is 4. The highest BCUT2D eigenvalue weighted by Gasteiger charge is 2.25. The summed E-state index contributed by atoms with van der Waals surface area (Å²) in [5.74, 6) is 1.18. The smallest absolute Gasteiger partial charge is 0.270 e. The van der Waals surface area contributed by atoms with Crippen molar-refractivity contribution in [3.63, 3.8) is 0 Å². The summed E-state index contributed by atoms with van der Waals surface area (Å²) in [4.78, 5) is 10.6. The molecular weight excluding hydrogens is 380 g/mol. The summed E-state index contributed by atoms with van der Waals surface area (Å²) in [6.07, 6.45) is 8.89. The van der Waals surface area contributed by atoms with Crippen molar-refractivity contribution in [2.45, 2.75) is 19.1 Å². The molecule has 1 aliphatic rings. The van der Waals surface area contributed by atoms with Gasteiger partial charge in [0.2, 0.25) is 5.89 Å². The highest BCUT2D eigenvalue weighted by atomic mass is 16.4. The molecule has 0 radical (unpaired) electrons. The largest absolute Gasteiger partial charge is 0.419 e. The van der Waals surface area contributed by atoms with Gasteiger partial charge in [0.05, 0.1) is 17.8 Å². The van der Waals surface area contributed by atoms with Gasteiger partial charge < -0.3 is 15.3 Å². The van der Waals surface area contributed by atoms with E-state index in [2.05, 4.69) is 33.2 Å². The SMILES string of the molecule is CC1C=CC=CC1c1nnc(-c2nc(-c3ccccc3C(O)N(C)C)cnc2N)o1. The molecule has 0 fully saturated rings. The van der Waals surface area contributed by atoms with Gasteiger partial charge in [-0.05, 0) is 20.0 Å². The van der Waals surface area contributed by atoms with E-state index in [1.165, 1.54) is 0 Å². The van der Waals surface area contributed by atoms with Crippen LogP contribution in [0, 0.1) is 5.92 Å². The monoisotopic (exact) mass is 404 g/mol. The molecule has 8 nitrogen and oxygen atoms in total. The average Bonchev–Trinajstić information content (AvgIpc) is 3.23. The fourth-order valence-electron chi connectivity index (χ4n) is 3.41. The summed E-state index contributed by atoms with van der Waals surface area (Å²) >= 11 is 0. The topological polar surface area (TPSA) is 114 Å². The van der Waals surface area contributed by atoms with E-state index < -0.39 is 6.23 Å². The number of nitrogens with zero attached hydrogens (tertiary/aromatic N) is 5. The van der Waals surface area contributed by atoms with Crippen LogP contribution in [-0.4, -0.2) is 44.3 Å². The predicted octanol–water partition coefficient (Wildman–Crippen LogP) is 3.17. The molecule has 3 unspecified atom stereocenters. The van der Waals surface area contributed by atoms with Gasteiger partial charge in [-0.3, -0.25) is 4.90 Å². The van der Waals surface area contributed by atoms with Crippen molar-refractivity contribution in [1.29, 1.82) is 0 Å². The van der Waals surface area contributed by atoms with Gasteiger partial charge in [0.15, 0.2) is 11.5 Å².